The summed E-state index contributed by atoms with van der Waals surface area (Å²) in [6.07, 6.45) is 5.48. The Morgan fingerprint density at radius 3 is 3.06 bits per heavy atom. The molecule has 1 aromatic carbocycles. The van der Waals surface area contributed by atoms with E-state index in [9.17, 15) is 0 Å². The maximum Gasteiger partial charge on any atom is 0.226 e. The Kier molecular flexibility index (Phi) is 5.44. The van der Waals surface area contributed by atoms with E-state index in [1.165, 1.54) is 4.88 Å². The van der Waals surface area contributed by atoms with E-state index in [0.717, 1.165) is 44.9 Å². The fourth-order valence-electron chi connectivity index (χ4n) is 4.20. The molecule has 6 rings (SSSR count). The number of anilines is 2. The molecule has 0 radical (unpaired) electrons. The molecule has 1 atom stereocenters. The maximum atomic E-state index is 6.12. The van der Waals surface area contributed by atoms with E-state index in [-0.39, 0.29) is 6.10 Å². The number of nitrogens with one attached hydrogen (secondary N) is 2. The van der Waals surface area contributed by atoms with E-state index >= 15 is 0 Å². The summed E-state index contributed by atoms with van der Waals surface area (Å²) in [6, 6.07) is 12.1. The SMILES string of the molecule is COc1ccc(NCc2cc3nc(N4CCOC(c5cccc6[nH]ncc56)C4)ncc3s2)cn1. The first-order valence-electron chi connectivity index (χ1n) is 11.0. The number of fused-ring (bicyclic) bond motifs is 2. The quantitative estimate of drug-likeness (QED) is 0.379. The van der Waals surface area contributed by atoms with Gasteiger partial charge in [0.2, 0.25) is 11.8 Å². The molecule has 4 aromatic heterocycles. The standard InChI is InChI=1S/C24H23N7O2S/c1-32-23-6-5-15(10-26-23)25-11-16-9-20-22(34-16)13-27-24(29-20)31-7-8-33-21(14-31)17-3-2-4-19-18(17)12-28-30-19/h2-6,9-10,12-13,21,25H,7-8,11,14H2,1H3,(H,28,30). The summed E-state index contributed by atoms with van der Waals surface area (Å²) in [5, 5.41) is 11.7. The van der Waals surface area contributed by atoms with Gasteiger partial charge in [0, 0.05) is 29.4 Å². The van der Waals surface area contributed by atoms with Crippen molar-refractivity contribution in [3.63, 3.8) is 0 Å². The molecule has 172 valence electrons. The lowest BCUT2D eigenvalue weighted by Gasteiger charge is -2.33. The molecule has 1 saturated heterocycles. The van der Waals surface area contributed by atoms with Crippen molar-refractivity contribution in [3.8, 4) is 5.88 Å². The van der Waals surface area contributed by atoms with Gasteiger partial charge in [0.15, 0.2) is 0 Å². The number of rotatable bonds is 6. The Morgan fingerprint density at radius 1 is 1.21 bits per heavy atom. The molecule has 1 fully saturated rings. The molecule has 9 nitrogen and oxygen atoms in total. The smallest absolute Gasteiger partial charge is 0.226 e. The van der Waals surface area contributed by atoms with Crippen molar-refractivity contribution >= 4 is 44.1 Å². The minimum absolute atomic E-state index is 0.0605. The first-order valence-corrected chi connectivity index (χ1v) is 11.9. The Morgan fingerprint density at radius 2 is 2.18 bits per heavy atom. The normalized spacial score (nSPS) is 16.3. The van der Waals surface area contributed by atoms with E-state index in [2.05, 4.69) is 42.5 Å². The summed E-state index contributed by atoms with van der Waals surface area (Å²) in [6.45, 7) is 2.76. The minimum atomic E-state index is -0.0605. The van der Waals surface area contributed by atoms with Gasteiger partial charge in [-0.15, -0.1) is 11.3 Å². The maximum absolute atomic E-state index is 6.12. The van der Waals surface area contributed by atoms with E-state index < -0.39 is 0 Å². The fourth-order valence-corrected chi connectivity index (χ4v) is 5.12. The zero-order valence-corrected chi connectivity index (χ0v) is 19.4. The van der Waals surface area contributed by atoms with Crippen LogP contribution in [0.3, 0.4) is 0 Å². The highest BCUT2D eigenvalue weighted by Crippen LogP contribution is 2.31. The number of aromatic nitrogens is 5. The number of benzene rings is 1. The highest BCUT2D eigenvalue weighted by Gasteiger charge is 2.25. The first-order chi connectivity index (χ1) is 16.8. The summed E-state index contributed by atoms with van der Waals surface area (Å²) in [5.41, 5.74) is 4.05. The van der Waals surface area contributed by atoms with Gasteiger partial charge < -0.3 is 19.7 Å². The van der Waals surface area contributed by atoms with Crippen molar-refractivity contribution < 1.29 is 9.47 Å². The molecule has 1 aliphatic heterocycles. The van der Waals surface area contributed by atoms with E-state index in [4.69, 9.17) is 14.5 Å². The molecule has 1 unspecified atom stereocenters. The number of morpholine rings is 1. The zero-order valence-electron chi connectivity index (χ0n) is 18.6. The molecule has 1 aliphatic rings. The first kappa shape index (κ1) is 20.8. The monoisotopic (exact) mass is 473 g/mol. The van der Waals surface area contributed by atoms with Crippen LogP contribution in [-0.4, -0.2) is 52.0 Å². The Hall–Kier alpha value is -3.76. The van der Waals surface area contributed by atoms with Gasteiger partial charge >= 0.3 is 0 Å². The van der Waals surface area contributed by atoms with Gasteiger partial charge in [-0.05, 0) is 23.8 Å². The fraction of sp³-hybridized carbons (Fsp3) is 0.250. The van der Waals surface area contributed by atoms with Crippen molar-refractivity contribution in [2.24, 2.45) is 0 Å². The number of pyridine rings is 1. The Labute approximate surface area is 199 Å². The number of hydrogen-bond acceptors (Lipinski definition) is 9. The zero-order chi connectivity index (χ0) is 22.9. The number of ether oxygens (including phenoxy) is 2. The molecule has 5 heterocycles. The number of thiophene rings is 1. The molecule has 2 N–H and O–H groups in total. The Balaban J connectivity index is 1.18. The highest BCUT2D eigenvalue weighted by atomic mass is 32.1. The van der Waals surface area contributed by atoms with Gasteiger partial charge in [-0.3, -0.25) is 5.10 Å². The van der Waals surface area contributed by atoms with Crippen LogP contribution in [0.1, 0.15) is 16.5 Å². The molecular weight excluding hydrogens is 450 g/mol. The average Bonchev–Trinajstić information content (AvgIpc) is 3.54. The molecule has 5 aromatic rings. The topological polar surface area (TPSA) is 101 Å². The summed E-state index contributed by atoms with van der Waals surface area (Å²) in [7, 11) is 1.61. The van der Waals surface area contributed by atoms with Gasteiger partial charge in [0.05, 0.1) is 60.3 Å². The van der Waals surface area contributed by atoms with Gasteiger partial charge in [-0.2, -0.15) is 5.10 Å². The van der Waals surface area contributed by atoms with Gasteiger partial charge in [-0.25, -0.2) is 15.0 Å². The molecule has 0 saturated carbocycles. The van der Waals surface area contributed by atoms with Crippen molar-refractivity contribution in [3.05, 3.63) is 65.4 Å². The van der Waals surface area contributed by atoms with Crippen LogP contribution in [0.5, 0.6) is 5.88 Å². The Bertz CT molecular complexity index is 1430. The number of aromatic amines is 1. The predicted octanol–water partition coefficient (Wildman–Crippen LogP) is 4.16. The summed E-state index contributed by atoms with van der Waals surface area (Å²) in [5.74, 6) is 1.33. The second kappa shape index (κ2) is 8.88. The van der Waals surface area contributed by atoms with Crippen molar-refractivity contribution in [2.45, 2.75) is 12.6 Å². The van der Waals surface area contributed by atoms with E-state index in [0.29, 0.717) is 25.6 Å². The van der Waals surface area contributed by atoms with E-state index in [1.807, 2.05) is 36.7 Å². The van der Waals surface area contributed by atoms with Crippen LogP contribution in [-0.2, 0) is 11.3 Å². The molecule has 0 bridgehead atoms. The molecule has 0 aliphatic carbocycles. The van der Waals surface area contributed by atoms with Crippen molar-refractivity contribution in [1.29, 1.82) is 0 Å². The summed E-state index contributed by atoms with van der Waals surface area (Å²) in [4.78, 5) is 17.2. The number of hydrogen-bond donors (Lipinski definition) is 2. The van der Waals surface area contributed by atoms with Gasteiger partial charge in [0.25, 0.3) is 0 Å². The van der Waals surface area contributed by atoms with Crippen LogP contribution in [0.15, 0.2) is 55.0 Å². The third kappa shape index (κ3) is 4.02. The third-order valence-electron chi connectivity index (χ3n) is 5.94. The lowest BCUT2D eigenvalue weighted by atomic mass is 10.0. The molecule has 34 heavy (non-hydrogen) atoms. The van der Waals surface area contributed by atoms with Crippen LogP contribution in [0.25, 0.3) is 21.1 Å². The average molecular weight is 474 g/mol. The number of nitrogens with zero attached hydrogens (tertiary/aromatic N) is 5. The van der Waals surface area contributed by atoms with Crippen LogP contribution >= 0.6 is 11.3 Å². The van der Waals surface area contributed by atoms with E-state index in [1.54, 1.807) is 24.6 Å². The molecule has 0 amide bonds. The second-order valence-corrected chi connectivity index (χ2v) is 9.23. The summed E-state index contributed by atoms with van der Waals surface area (Å²) >= 11 is 1.69. The van der Waals surface area contributed by atoms with Gasteiger partial charge in [-0.1, -0.05) is 12.1 Å². The van der Waals surface area contributed by atoms with Crippen LogP contribution in [0.4, 0.5) is 11.6 Å². The van der Waals surface area contributed by atoms with Gasteiger partial charge in [0.1, 0.15) is 6.10 Å². The van der Waals surface area contributed by atoms with Crippen LogP contribution in [0, 0.1) is 0 Å². The third-order valence-corrected chi connectivity index (χ3v) is 6.99. The van der Waals surface area contributed by atoms with Crippen molar-refractivity contribution in [1.82, 2.24) is 25.1 Å². The molecule has 10 heteroatoms. The lowest BCUT2D eigenvalue weighted by molar-refractivity contribution is 0.0402. The predicted molar refractivity (Wildman–Crippen MR) is 133 cm³/mol. The van der Waals surface area contributed by atoms with Crippen LogP contribution < -0.4 is 15.0 Å². The number of methoxy groups -OCH3 is 1. The van der Waals surface area contributed by atoms with Crippen LogP contribution in [0.2, 0.25) is 0 Å². The highest BCUT2D eigenvalue weighted by molar-refractivity contribution is 7.19. The molecular formula is C24H23N7O2S. The van der Waals surface area contributed by atoms with Crippen molar-refractivity contribution in [2.75, 3.05) is 37.0 Å². The largest absolute Gasteiger partial charge is 0.481 e. The second-order valence-electron chi connectivity index (χ2n) is 8.06. The summed E-state index contributed by atoms with van der Waals surface area (Å²) < 4.78 is 12.3. The molecule has 0 spiro atoms. The lowest BCUT2D eigenvalue weighted by Crippen LogP contribution is -2.39. The number of H-pyrrole nitrogens is 1. The minimum Gasteiger partial charge on any atom is -0.481 e.